The van der Waals surface area contributed by atoms with Crippen LogP contribution in [0.4, 0.5) is 5.69 Å². The molecule has 0 N–H and O–H groups in total. The Morgan fingerprint density at radius 3 is 2.38 bits per heavy atom. The maximum atomic E-state index is 12.2. The molecule has 0 atom stereocenters. The minimum absolute atomic E-state index is 0.331. The predicted molar refractivity (Wildman–Crippen MR) is 89.5 cm³/mol. The Morgan fingerprint density at radius 2 is 1.76 bits per heavy atom. The molecule has 0 saturated carbocycles. The van der Waals surface area contributed by atoms with Crippen molar-refractivity contribution in [3.8, 4) is 0 Å². The summed E-state index contributed by atoms with van der Waals surface area (Å²) in [6.07, 6.45) is 5.84. The molecule has 0 fully saturated rings. The summed E-state index contributed by atoms with van der Waals surface area (Å²) in [5, 5.41) is 0. The predicted octanol–water partition coefficient (Wildman–Crippen LogP) is 4.17. The van der Waals surface area contributed by atoms with Crippen molar-refractivity contribution in [2.45, 2.75) is 58.7 Å². The maximum absolute atomic E-state index is 12.2. The zero-order valence-corrected chi connectivity index (χ0v) is 14.5. The average Bonchev–Trinajstić information content (AvgIpc) is 2.67. The van der Waals surface area contributed by atoms with Gasteiger partial charge in [-0.05, 0) is 30.5 Å². The van der Waals surface area contributed by atoms with Gasteiger partial charge < -0.3 is 4.57 Å². The van der Waals surface area contributed by atoms with Crippen LogP contribution in [0.1, 0.15) is 48.5 Å². The molecule has 1 aliphatic rings. The van der Waals surface area contributed by atoms with Crippen LogP contribution in [-0.2, 0) is 11.2 Å². The SMILES string of the molecule is CCCCCCc1ccc2c(c1)C(=O)C(=O)N2[Si](C)(C)C. The van der Waals surface area contributed by atoms with Gasteiger partial charge in [0.05, 0.1) is 5.56 Å². The largest absolute Gasteiger partial charge is 0.333 e. The van der Waals surface area contributed by atoms with Gasteiger partial charge in [0.2, 0.25) is 0 Å². The molecular formula is C17H25NO2Si. The molecule has 1 aliphatic heterocycles. The number of nitrogens with zero attached hydrogens (tertiary/aromatic N) is 1. The molecule has 21 heavy (non-hydrogen) atoms. The van der Waals surface area contributed by atoms with E-state index in [1.165, 1.54) is 24.8 Å². The van der Waals surface area contributed by atoms with Crippen LogP contribution in [0.2, 0.25) is 19.6 Å². The third kappa shape index (κ3) is 3.26. The maximum Gasteiger partial charge on any atom is 0.291 e. The number of ketones is 1. The van der Waals surface area contributed by atoms with Crippen molar-refractivity contribution in [1.82, 2.24) is 0 Å². The second-order valence-electron chi connectivity index (χ2n) is 6.80. The van der Waals surface area contributed by atoms with Crippen LogP contribution in [0.25, 0.3) is 0 Å². The van der Waals surface area contributed by atoms with Gasteiger partial charge >= 0.3 is 0 Å². The van der Waals surface area contributed by atoms with E-state index in [1.54, 1.807) is 4.57 Å². The third-order valence-electron chi connectivity index (χ3n) is 3.93. The topological polar surface area (TPSA) is 37.4 Å². The normalized spacial score (nSPS) is 14.8. The Labute approximate surface area is 128 Å². The van der Waals surface area contributed by atoms with Crippen LogP contribution >= 0.6 is 0 Å². The van der Waals surface area contributed by atoms with Gasteiger partial charge in [-0.2, -0.15) is 0 Å². The summed E-state index contributed by atoms with van der Waals surface area (Å²) >= 11 is 0. The number of rotatable bonds is 6. The number of hydrogen-bond acceptors (Lipinski definition) is 2. The van der Waals surface area contributed by atoms with E-state index in [2.05, 4.69) is 32.6 Å². The van der Waals surface area contributed by atoms with Crippen LogP contribution in [0.15, 0.2) is 18.2 Å². The Morgan fingerprint density at radius 1 is 1.05 bits per heavy atom. The highest BCUT2D eigenvalue weighted by molar-refractivity contribution is 6.87. The quantitative estimate of drug-likeness (QED) is 0.449. The van der Waals surface area contributed by atoms with Crippen molar-refractivity contribution in [3.05, 3.63) is 29.3 Å². The molecule has 0 bridgehead atoms. The molecule has 1 aromatic rings. The van der Waals surface area contributed by atoms with Gasteiger partial charge in [0.25, 0.3) is 11.7 Å². The smallest absolute Gasteiger partial charge is 0.291 e. The Hall–Kier alpha value is -1.42. The van der Waals surface area contributed by atoms with Crippen molar-refractivity contribution in [1.29, 1.82) is 0 Å². The van der Waals surface area contributed by atoms with E-state index in [0.717, 1.165) is 18.5 Å². The minimum Gasteiger partial charge on any atom is -0.333 e. The van der Waals surface area contributed by atoms with Crippen LogP contribution in [0, 0.1) is 0 Å². The standard InChI is InChI=1S/C17H25NO2Si/c1-5-6-7-8-9-13-10-11-15-14(12-13)16(19)17(20)18(15)21(2,3)4/h10-12H,5-9H2,1-4H3. The zero-order chi connectivity index (χ0) is 15.6. The number of anilines is 1. The van der Waals surface area contributed by atoms with Gasteiger partial charge in [0.1, 0.15) is 0 Å². The lowest BCUT2D eigenvalue weighted by Gasteiger charge is -2.29. The molecule has 3 nitrogen and oxygen atoms in total. The third-order valence-corrected chi connectivity index (χ3v) is 5.72. The summed E-state index contributed by atoms with van der Waals surface area (Å²) in [5.41, 5.74) is 2.60. The van der Waals surface area contributed by atoms with Crippen LogP contribution in [0.5, 0.6) is 0 Å². The first-order valence-corrected chi connectivity index (χ1v) is 11.3. The number of hydrogen-bond donors (Lipinski definition) is 0. The molecule has 0 saturated heterocycles. The lowest BCUT2D eigenvalue weighted by Crippen LogP contribution is -2.49. The van der Waals surface area contributed by atoms with Gasteiger partial charge in [-0.15, -0.1) is 0 Å². The summed E-state index contributed by atoms with van der Waals surface area (Å²) in [5.74, 6) is -0.671. The van der Waals surface area contributed by atoms with E-state index in [9.17, 15) is 9.59 Å². The van der Waals surface area contributed by atoms with Crippen molar-refractivity contribution < 1.29 is 9.59 Å². The second-order valence-corrected chi connectivity index (χ2v) is 11.6. The van der Waals surface area contributed by atoms with Crippen molar-refractivity contribution in [3.63, 3.8) is 0 Å². The number of unbranched alkanes of at least 4 members (excludes halogenated alkanes) is 3. The van der Waals surface area contributed by atoms with Crippen molar-refractivity contribution in [2.24, 2.45) is 0 Å². The first kappa shape index (κ1) is 16.0. The van der Waals surface area contributed by atoms with Crippen molar-refractivity contribution >= 4 is 25.6 Å². The average molecular weight is 303 g/mol. The first-order valence-electron chi connectivity index (χ1n) is 7.88. The number of fused-ring (bicyclic) bond motifs is 1. The number of benzene rings is 1. The second kappa shape index (κ2) is 6.14. The molecule has 0 aliphatic carbocycles. The van der Waals surface area contributed by atoms with E-state index < -0.39 is 8.24 Å². The minimum atomic E-state index is -1.87. The number of aryl methyl sites for hydroxylation is 1. The van der Waals surface area contributed by atoms with E-state index in [1.807, 2.05) is 12.1 Å². The molecule has 2 rings (SSSR count). The molecule has 1 aromatic carbocycles. The van der Waals surface area contributed by atoms with E-state index >= 15 is 0 Å². The zero-order valence-electron chi connectivity index (χ0n) is 13.5. The summed E-state index contributed by atoms with van der Waals surface area (Å²) in [6, 6.07) is 5.97. The monoisotopic (exact) mass is 303 g/mol. The summed E-state index contributed by atoms with van der Waals surface area (Å²) in [6.45, 7) is 8.47. The molecule has 0 aromatic heterocycles. The number of amides is 1. The van der Waals surface area contributed by atoms with Crippen LogP contribution < -0.4 is 4.57 Å². The number of Topliss-reactive ketones (excluding diaryl/α,β-unsaturated/α-hetero) is 1. The van der Waals surface area contributed by atoms with E-state index in [0.29, 0.717) is 5.56 Å². The van der Waals surface area contributed by atoms with Gasteiger partial charge in [0, 0.05) is 5.69 Å². The van der Waals surface area contributed by atoms with Gasteiger partial charge in [0.15, 0.2) is 8.24 Å². The molecular weight excluding hydrogens is 278 g/mol. The van der Waals surface area contributed by atoms with Crippen LogP contribution in [0.3, 0.4) is 0 Å². The number of carbonyl (C=O) groups excluding carboxylic acids is 2. The molecule has 0 spiro atoms. The lowest BCUT2D eigenvalue weighted by molar-refractivity contribution is -0.113. The van der Waals surface area contributed by atoms with Gasteiger partial charge in [-0.25, -0.2) is 0 Å². The molecule has 4 heteroatoms. The molecule has 0 radical (unpaired) electrons. The molecule has 1 amide bonds. The van der Waals surface area contributed by atoms with Crippen molar-refractivity contribution in [2.75, 3.05) is 4.57 Å². The summed E-state index contributed by atoms with van der Waals surface area (Å²) < 4.78 is 1.76. The van der Waals surface area contributed by atoms with E-state index in [4.69, 9.17) is 0 Å². The number of carbonyl (C=O) groups is 2. The Balaban J connectivity index is 2.21. The lowest BCUT2D eigenvalue weighted by atomic mass is 10.0. The molecule has 0 unspecified atom stereocenters. The molecule has 114 valence electrons. The summed E-state index contributed by atoms with van der Waals surface area (Å²) in [4.78, 5) is 24.4. The fourth-order valence-electron chi connectivity index (χ4n) is 2.86. The highest BCUT2D eigenvalue weighted by Crippen LogP contribution is 2.34. The highest BCUT2D eigenvalue weighted by Gasteiger charge is 2.42. The van der Waals surface area contributed by atoms with E-state index in [-0.39, 0.29) is 11.7 Å². The highest BCUT2D eigenvalue weighted by atomic mass is 28.3. The van der Waals surface area contributed by atoms with Crippen LogP contribution in [-0.4, -0.2) is 19.9 Å². The first-order chi connectivity index (χ1) is 9.86. The summed E-state index contributed by atoms with van der Waals surface area (Å²) in [7, 11) is -1.87. The van der Waals surface area contributed by atoms with Gasteiger partial charge in [-0.3, -0.25) is 9.59 Å². The molecule has 1 heterocycles. The van der Waals surface area contributed by atoms with Gasteiger partial charge in [-0.1, -0.05) is 51.9 Å². The fraction of sp³-hybridized carbons (Fsp3) is 0.529. The Bertz CT molecular complexity index is 560. The Kier molecular flexibility index (Phi) is 4.66. The fourth-order valence-corrected chi connectivity index (χ4v) is 4.49.